The van der Waals surface area contributed by atoms with Crippen LogP contribution < -0.4 is 11.1 Å². The van der Waals surface area contributed by atoms with Crippen molar-refractivity contribution in [1.82, 2.24) is 10.3 Å². The van der Waals surface area contributed by atoms with Crippen molar-refractivity contribution in [3.63, 3.8) is 0 Å². The maximum atomic E-state index is 12.3. The average molecular weight is 299 g/mol. The van der Waals surface area contributed by atoms with Gasteiger partial charge in [-0.1, -0.05) is 30.3 Å². The van der Waals surface area contributed by atoms with Crippen LogP contribution in [0.2, 0.25) is 0 Å². The molecule has 2 aromatic rings. The molecule has 116 valence electrons. The highest BCUT2D eigenvalue weighted by molar-refractivity contribution is 5.95. The van der Waals surface area contributed by atoms with Gasteiger partial charge in [0.15, 0.2) is 0 Å². The highest BCUT2D eigenvalue weighted by Crippen LogP contribution is 2.25. The van der Waals surface area contributed by atoms with Crippen molar-refractivity contribution < 1.29 is 9.90 Å². The van der Waals surface area contributed by atoms with E-state index in [2.05, 4.69) is 10.3 Å². The van der Waals surface area contributed by atoms with Crippen molar-refractivity contribution >= 4 is 11.6 Å². The van der Waals surface area contributed by atoms with E-state index in [9.17, 15) is 9.90 Å². The first-order valence-electron chi connectivity index (χ1n) is 7.11. The van der Waals surface area contributed by atoms with E-state index in [1.165, 1.54) is 0 Å². The smallest absolute Gasteiger partial charge is 0.270 e. The van der Waals surface area contributed by atoms with Crippen molar-refractivity contribution in [3.8, 4) is 11.3 Å². The first-order valence-corrected chi connectivity index (χ1v) is 7.11. The number of benzene rings is 1. The van der Waals surface area contributed by atoms with Crippen LogP contribution in [0.3, 0.4) is 0 Å². The van der Waals surface area contributed by atoms with Crippen molar-refractivity contribution in [2.75, 3.05) is 12.3 Å². The second-order valence-corrected chi connectivity index (χ2v) is 5.95. The molecule has 0 unspecified atom stereocenters. The Balaban J connectivity index is 2.35. The molecular formula is C17H21N3O2. The van der Waals surface area contributed by atoms with Crippen LogP contribution in [0, 0.1) is 6.92 Å². The number of aryl methyl sites for hydroxylation is 1. The number of aliphatic hydroxyl groups is 1. The quantitative estimate of drug-likeness (QED) is 0.807. The van der Waals surface area contributed by atoms with E-state index in [-0.39, 0.29) is 12.5 Å². The second kappa shape index (κ2) is 6.15. The van der Waals surface area contributed by atoms with E-state index in [4.69, 9.17) is 5.73 Å². The molecule has 1 aromatic carbocycles. The average Bonchev–Trinajstić information content (AvgIpc) is 2.45. The van der Waals surface area contributed by atoms with Gasteiger partial charge in [0.05, 0.1) is 17.0 Å². The van der Waals surface area contributed by atoms with E-state index in [1.807, 2.05) is 30.3 Å². The lowest BCUT2D eigenvalue weighted by Gasteiger charge is -2.18. The number of carbonyl (C=O) groups is 1. The van der Waals surface area contributed by atoms with E-state index in [0.717, 1.165) is 5.56 Å². The zero-order valence-electron chi connectivity index (χ0n) is 13.1. The number of rotatable bonds is 4. The third kappa shape index (κ3) is 3.83. The topological polar surface area (TPSA) is 88.2 Å². The van der Waals surface area contributed by atoms with Gasteiger partial charge in [0, 0.05) is 12.1 Å². The Kier molecular flexibility index (Phi) is 4.47. The number of nitrogen functional groups attached to an aromatic ring is 1. The molecule has 2 rings (SSSR count). The van der Waals surface area contributed by atoms with Crippen LogP contribution in [0.15, 0.2) is 36.4 Å². The SMILES string of the molecule is Cc1cc(N)c(-c2ccccc2)nc1C(=O)NCC(C)(C)O. The molecule has 0 aliphatic heterocycles. The molecule has 1 aromatic heterocycles. The molecule has 4 N–H and O–H groups in total. The molecule has 22 heavy (non-hydrogen) atoms. The summed E-state index contributed by atoms with van der Waals surface area (Å²) >= 11 is 0. The lowest BCUT2D eigenvalue weighted by atomic mass is 10.1. The van der Waals surface area contributed by atoms with Crippen molar-refractivity contribution in [2.24, 2.45) is 0 Å². The minimum Gasteiger partial charge on any atom is -0.397 e. The number of nitrogens with two attached hydrogens (primary N) is 1. The lowest BCUT2D eigenvalue weighted by molar-refractivity contribution is 0.0691. The van der Waals surface area contributed by atoms with Crippen LogP contribution in [0.4, 0.5) is 5.69 Å². The predicted molar refractivity (Wildman–Crippen MR) is 87.5 cm³/mol. The normalized spacial score (nSPS) is 11.3. The number of carbonyl (C=O) groups excluding carboxylic acids is 1. The highest BCUT2D eigenvalue weighted by atomic mass is 16.3. The van der Waals surface area contributed by atoms with Crippen LogP contribution >= 0.6 is 0 Å². The Labute approximate surface area is 130 Å². The molecular weight excluding hydrogens is 278 g/mol. The molecule has 0 bridgehead atoms. The summed E-state index contributed by atoms with van der Waals surface area (Å²) in [6, 6.07) is 11.2. The van der Waals surface area contributed by atoms with Gasteiger partial charge in [-0.15, -0.1) is 0 Å². The number of amides is 1. The maximum Gasteiger partial charge on any atom is 0.270 e. The molecule has 0 saturated heterocycles. The third-order valence-electron chi connectivity index (χ3n) is 3.19. The summed E-state index contributed by atoms with van der Waals surface area (Å²) in [6.07, 6.45) is 0. The Hall–Kier alpha value is -2.40. The summed E-state index contributed by atoms with van der Waals surface area (Å²) in [5.41, 5.74) is 8.05. The Bertz CT molecular complexity index is 676. The third-order valence-corrected chi connectivity index (χ3v) is 3.19. The van der Waals surface area contributed by atoms with E-state index >= 15 is 0 Å². The van der Waals surface area contributed by atoms with Gasteiger partial charge in [0.1, 0.15) is 5.69 Å². The standard InChI is InChI=1S/C17H21N3O2/c1-11-9-13(18)15(12-7-5-4-6-8-12)20-14(11)16(21)19-10-17(2,3)22/h4-9,22H,10,18H2,1-3H3,(H,19,21). The van der Waals surface area contributed by atoms with Crippen molar-refractivity contribution in [3.05, 3.63) is 47.7 Å². The fourth-order valence-electron chi connectivity index (χ4n) is 2.07. The second-order valence-electron chi connectivity index (χ2n) is 5.95. The molecule has 1 amide bonds. The summed E-state index contributed by atoms with van der Waals surface area (Å²) in [5, 5.41) is 12.4. The van der Waals surface area contributed by atoms with Crippen molar-refractivity contribution in [2.45, 2.75) is 26.4 Å². The number of aromatic nitrogens is 1. The molecule has 0 fully saturated rings. The molecule has 0 aliphatic rings. The van der Waals surface area contributed by atoms with Crippen LogP contribution in [-0.4, -0.2) is 28.1 Å². The zero-order valence-corrected chi connectivity index (χ0v) is 13.1. The molecule has 5 nitrogen and oxygen atoms in total. The predicted octanol–water partition coefficient (Wildman–Crippen LogP) is 2.14. The fraction of sp³-hybridized carbons (Fsp3) is 0.294. The Morgan fingerprint density at radius 1 is 1.32 bits per heavy atom. The molecule has 0 spiro atoms. The van der Waals surface area contributed by atoms with E-state index in [0.29, 0.717) is 22.6 Å². The van der Waals surface area contributed by atoms with Gasteiger partial charge in [0.2, 0.25) is 0 Å². The zero-order chi connectivity index (χ0) is 16.3. The highest BCUT2D eigenvalue weighted by Gasteiger charge is 2.18. The minimum atomic E-state index is -0.973. The summed E-state index contributed by atoms with van der Waals surface area (Å²) in [6.45, 7) is 5.20. The lowest BCUT2D eigenvalue weighted by Crippen LogP contribution is -2.38. The van der Waals surface area contributed by atoms with Gasteiger partial charge < -0.3 is 16.2 Å². The number of nitrogens with one attached hydrogen (secondary N) is 1. The van der Waals surface area contributed by atoms with Crippen LogP contribution in [-0.2, 0) is 0 Å². The molecule has 5 heteroatoms. The molecule has 0 saturated carbocycles. The van der Waals surface area contributed by atoms with Gasteiger partial charge >= 0.3 is 0 Å². The summed E-state index contributed by atoms with van der Waals surface area (Å²) < 4.78 is 0. The first-order chi connectivity index (χ1) is 10.3. The van der Waals surface area contributed by atoms with Gasteiger partial charge in [-0.3, -0.25) is 4.79 Å². The Morgan fingerprint density at radius 2 is 1.95 bits per heavy atom. The fourth-order valence-corrected chi connectivity index (χ4v) is 2.07. The van der Waals surface area contributed by atoms with Gasteiger partial charge in [-0.05, 0) is 32.4 Å². The van der Waals surface area contributed by atoms with Gasteiger partial charge in [0.25, 0.3) is 5.91 Å². The van der Waals surface area contributed by atoms with Crippen LogP contribution in [0.5, 0.6) is 0 Å². The molecule has 0 atom stereocenters. The number of anilines is 1. The minimum absolute atomic E-state index is 0.151. The van der Waals surface area contributed by atoms with E-state index in [1.54, 1.807) is 26.8 Å². The summed E-state index contributed by atoms with van der Waals surface area (Å²) in [7, 11) is 0. The van der Waals surface area contributed by atoms with Crippen LogP contribution in [0.1, 0.15) is 29.9 Å². The number of hydrogen-bond acceptors (Lipinski definition) is 4. The number of pyridine rings is 1. The largest absolute Gasteiger partial charge is 0.397 e. The molecule has 1 heterocycles. The van der Waals surface area contributed by atoms with Crippen molar-refractivity contribution in [1.29, 1.82) is 0 Å². The first kappa shape index (κ1) is 16.0. The van der Waals surface area contributed by atoms with Crippen LogP contribution in [0.25, 0.3) is 11.3 Å². The molecule has 0 radical (unpaired) electrons. The Morgan fingerprint density at radius 3 is 2.55 bits per heavy atom. The number of hydrogen-bond donors (Lipinski definition) is 3. The van der Waals surface area contributed by atoms with E-state index < -0.39 is 5.60 Å². The monoisotopic (exact) mass is 299 g/mol. The summed E-state index contributed by atoms with van der Waals surface area (Å²) in [5.74, 6) is -0.322. The van der Waals surface area contributed by atoms with Gasteiger partial charge in [-0.25, -0.2) is 4.98 Å². The summed E-state index contributed by atoms with van der Waals surface area (Å²) in [4.78, 5) is 16.7. The maximum absolute atomic E-state index is 12.3. The van der Waals surface area contributed by atoms with Gasteiger partial charge in [-0.2, -0.15) is 0 Å². The molecule has 0 aliphatic carbocycles. The number of nitrogens with zero attached hydrogens (tertiary/aromatic N) is 1.